The van der Waals surface area contributed by atoms with Crippen LogP contribution in [0.4, 0.5) is 0 Å². The summed E-state index contributed by atoms with van der Waals surface area (Å²) < 4.78 is 0. The fourth-order valence-corrected chi connectivity index (χ4v) is 2.86. The minimum Gasteiger partial charge on any atom is -0.396 e. The van der Waals surface area contributed by atoms with Crippen LogP contribution in [0, 0.1) is 5.92 Å². The molecule has 0 radical (unpaired) electrons. The van der Waals surface area contributed by atoms with Crippen LogP contribution in [-0.4, -0.2) is 48.8 Å². The number of nitrogens with one attached hydrogen (secondary N) is 1. The summed E-state index contributed by atoms with van der Waals surface area (Å²) in [5, 5.41) is 12.6. The molecule has 2 unspecified atom stereocenters. The fourth-order valence-electron chi connectivity index (χ4n) is 2.86. The largest absolute Gasteiger partial charge is 0.396 e. The Hall–Kier alpha value is -0.120. The molecule has 0 bridgehead atoms. The molecule has 102 valence electrons. The smallest absolute Gasteiger partial charge is 0.0443 e. The van der Waals surface area contributed by atoms with Crippen LogP contribution in [0.3, 0.4) is 0 Å². The predicted molar refractivity (Wildman–Crippen MR) is 73.2 cm³/mol. The SMILES string of the molecule is CCCNC1CCCC1CN(CC)CCCO. The average molecular weight is 242 g/mol. The highest BCUT2D eigenvalue weighted by molar-refractivity contribution is 4.85. The Bertz CT molecular complexity index is 187. The normalized spacial score (nSPS) is 24.7. The fraction of sp³-hybridized carbons (Fsp3) is 1.00. The van der Waals surface area contributed by atoms with Crippen LogP contribution in [0.1, 0.15) is 46.0 Å². The molecule has 3 nitrogen and oxygen atoms in total. The van der Waals surface area contributed by atoms with Crippen molar-refractivity contribution in [3.8, 4) is 0 Å². The first kappa shape index (κ1) is 14.9. The van der Waals surface area contributed by atoms with Gasteiger partial charge in [-0.15, -0.1) is 0 Å². The molecule has 0 saturated heterocycles. The van der Waals surface area contributed by atoms with E-state index in [-0.39, 0.29) is 0 Å². The van der Waals surface area contributed by atoms with Crippen molar-refractivity contribution in [2.45, 2.75) is 52.0 Å². The van der Waals surface area contributed by atoms with Crippen molar-refractivity contribution >= 4 is 0 Å². The second kappa shape index (κ2) is 8.90. The first-order valence-corrected chi connectivity index (χ1v) is 7.38. The van der Waals surface area contributed by atoms with E-state index in [2.05, 4.69) is 24.1 Å². The predicted octanol–water partition coefficient (Wildman–Crippen LogP) is 1.86. The molecule has 2 atom stereocenters. The van der Waals surface area contributed by atoms with Crippen LogP contribution in [0.25, 0.3) is 0 Å². The summed E-state index contributed by atoms with van der Waals surface area (Å²) in [6, 6.07) is 0.734. The maximum Gasteiger partial charge on any atom is 0.0443 e. The van der Waals surface area contributed by atoms with Crippen molar-refractivity contribution in [3.05, 3.63) is 0 Å². The summed E-state index contributed by atoms with van der Waals surface area (Å²) in [5.41, 5.74) is 0. The van der Waals surface area contributed by atoms with Gasteiger partial charge in [-0.2, -0.15) is 0 Å². The number of hydrogen-bond acceptors (Lipinski definition) is 3. The highest BCUT2D eigenvalue weighted by Crippen LogP contribution is 2.26. The van der Waals surface area contributed by atoms with E-state index in [1.165, 1.54) is 32.2 Å². The van der Waals surface area contributed by atoms with Gasteiger partial charge in [0.1, 0.15) is 0 Å². The Morgan fingerprint density at radius 3 is 2.76 bits per heavy atom. The molecule has 1 aliphatic rings. The molecule has 17 heavy (non-hydrogen) atoms. The van der Waals surface area contributed by atoms with Gasteiger partial charge < -0.3 is 15.3 Å². The van der Waals surface area contributed by atoms with E-state index in [9.17, 15) is 0 Å². The number of hydrogen-bond donors (Lipinski definition) is 2. The van der Waals surface area contributed by atoms with E-state index in [1.54, 1.807) is 0 Å². The van der Waals surface area contributed by atoms with Crippen molar-refractivity contribution < 1.29 is 5.11 Å². The Labute approximate surface area is 107 Å². The third-order valence-corrected chi connectivity index (χ3v) is 3.89. The van der Waals surface area contributed by atoms with E-state index >= 15 is 0 Å². The quantitative estimate of drug-likeness (QED) is 0.648. The van der Waals surface area contributed by atoms with Gasteiger partial charge in [-0.1, -0.05) is 20.3 Å². The Kier molecular flexibility index (Phi) is 7.82. The van der Waals surface area contributed by atoms with Gasteiger partial charge in [-0.05, 0) is 44.7 Å². The summed E-state index contributed by atoms with van der Waals surface area (Å²) in [6.45, 7) is 9.29. The molecule has 1 rings (SSSR count). The molecule has 0 aliphatic heterocycles. The monoisotopic (exact) mass is 242 g/mol. The molecule has 0 spiro atoms. The van der Waals surface area contributed by atoms with Gasteiger partial charge in [0.2, 0.25) is 0 Å². The van der Waals surface area contributed by atoms with E-state index in [0.717, 1.165) is 38.0 Å². The lowest BCUT2D eigenvalue weighted by Gasteiger charge is -2.28. The lowest BCUT2D eigenvalue weighted by atomic mass is 10.0. The number of aliphatic hydroxyl groups excluding tert-OH is 1. The van der Waals surface area contributed by atoms with Gasteiger partial charge in [-0.3, -0.25) is 0 Å². The van der Waals surface area contributed by atoms with Crippen molar-refractivity contribution in [2.75, 3.05) is 32.8 Å². The third kappa shape index (κ3) is 5.36. The van der Waals surface area contributed by atoms with E-state index in [4.69, 9.17) is 5.11 Å². The molecule has 0 aromatic heterocycles. The standard InChI is InChI=1S/C14H30N2O/c1-3-9-15-14-8-5-7-13(14)12-16(4-2)10-6-11-17/h13-15,17H,3-12H2,1-2H3. The summed E-state index contributed by atoms with van der Waals surface area (Å²) in [7, 11) is 0. The summed E-state index contributed by atoms with van der Waals surface area (Å²) >= 11 is 0. The highest BCUT2D eigenvalue weighted by atomic mass is 16.3. The highest BCUT2D eigenvalue weighted by Gasteiger charge is 2.27. The van der Waals surface area contributed by atoms with Crippen molar-refractivity contribution in [2.24, 2.45) is 5.92 Å². The molecule has 1 saturated carbocycles. The minimum absolute atomic E-state index is 0.318. The average Bonchev–Trinajstić information content (AvgIpc) is 2.79. The molecule has 0 heterocycles. The molecule has 2 N–H and O–H groups in total. The number of aliphatic hydroxyl groups is 1. The van der Waals surface area contributed by atoms with Gasteiger partial charge in [0.25, 0.3) is 0 Å². The lowest BCUT2D eigenvalue weighted by molar-refractivity contribution is 0.196. The topological polar surface area (TPSA) is 35.5 Å². The summed E-state index contributed by atoms with van der Waals surface area (Å²) in [4.78, 5) is 2.49. The van der Waals surface area contributed by atoms with Crippen LogP contribution in [0.15, 0.2) is 0 Å². The van der Waals surface area contributed by atoms with E-state index in [1.807, 2.05) is 0 Å². The van der Waals surface area contributed by atoms with Crippen molar-refractivity contribution in [3.63, 3.8) is 0 Å². The molecule has 0 aromatic carbocycles. The second-order valence-corrected chi connectivity index (χ2v) is 5.22. The first-order valence-electron chi connectivity index (χ1n) is 7.38. The molecule has 0 aromatic rings. The zero-order valence-electron chi connectivity index (χ0n) is 11.6. The zero-order valence-corrected chi connectivity index (χ0v) is 11.6. The van der Waals surface area contributed by atoms with Gasteiger partial charge in [0.15, 0.2) is 0 Å². The van der Waals surface area contributed by atoms with Gasteiger partial charge in [0.05, 0.1) is 0 Å². The first-order chi connectivity index (χ1) is 8.31. The second-order valence-electron chi connectivity index (χ2n) is 5.22. The Balaban J connectivity index is 2.31. The number of nitrogens with zero attached hydrogens (tertiary/aromatic N) is 1. The van der Waals surface area contributed by atoms with E-state index in [0.29, 0.717) is 6.61 Å². The van der Waals surface area contributed by atoms with Crippen LogP contribution < -0.4 is 5.32 Å². The minimum atomic E-state index is 0.318. The molecule has 1 aliphatic carbocycles. The molecule has 3 heteroatoms. The van der Waals surface area contributed by atoms with Crippen LogP contribution in [0.5, 0.6) is 0 Å². The summed E-state index contributed by atoms with van der Waals surface area (Å²) in [5.74, 6) is 0.820. The number of rotatable bonds is 9. The van der Waals surface area contributed by atoms with Crippen molar-refractivity contribution in [1.82, 2.24) is 10.2 Å². The summed E-state index contributed by atoms with van der Waals surface area (Å²) in [6.07, 6.45) is 6.24. The molecule has 1 fully saturated rings. The Morgan fingerprint density at radius 1 is 1.29 bits per heavy atom. The Morgan fingerprint density at radius 2 is 2.12 bits per heavy atom. The molecular formula is C14H30N2O. The maximum absolute atomic E-state index is 8.90. The van der Waals surface area contributed by atoms with Gasteiger partial charge in [-0.25, -0.2) is 0 Å². The van der Waals surface area contributed by atoms with Gasteiger partial charge >= 0.3 is 0 Å². The van der Waals surface area contributed by atoms with E-state index < -0.39 is 0 Å². The van der Waals surface area contributed by atoms with Crippen molar-refractivity contribution in [1.29, 1.82) is 0 Å². The third-order valence-electron chi connectivity index (χ3n) is 3.89. The van der Waals surface area contributed by atoms with Crippen LogP contribution >= 0.6 is 0 Å². The van der Waals surface area contributed by atoms with Crippen LogP contribution in [0.2, 0.25) is 0 Å². The zero-order chi connectivity index (χ0) is 12.5. The van der Waals surface area contributed by atoms with Gasteiger partial charge in [0, 0.05) is 25.7 Å². The molecular weight excluding hydrogens is 212 g/mol. The van der Waals surface area contributed by atoms with Crippen LogP contribution in [-0.2, 0) is 0 Å². The lowest BCUT2D eigenvalue weighted by Crippen LogP contribution is -2.40. The molecule has 0 amide bonds. The maximum atomic E-state index is 8.90.